The van der Waals surface area contributed by atoms with E-state index in [2.05, 4.69) is 0 Å². The van der Waals surface area contributed by atoms with E-state index in [-0.39, 0.29) is 29.5 Å². The summed E-state index contributed by atoms with van der Waals surface area (Å²) >= 11 is 1.76. The zero-order valence-electron chi connectivity index (χ0n) is 16.5. The molecule has 0 radical (unpaired) electrons. The smallest absolute Gasteiger partial charge is 0.229 e. The first-order valence-electron chi connectivity index (χ1n) is 9.61. The largest absolute Gasteiger partial charge is 0.497 e. The summed E-state index contributed by atoms with van der Waals surface area (Å²) in [6, 6.07) is 15.2. The van der Waals surface area contributed by atoms with Gasteiger partial charge in [-0.3, -0.25) is 9.59 Å². The molecule has 0 N–H and O–H groups in total. The predicted octanol–water partition coefficient (Wildman–Crippen LogP) is 3.33. The molecule has 2 fully saturated rings. The Morgan fingerprint density at radius 1 is 1.00 bits per heavy atom. The van der Waals surface area contributed by atoms with Crippen molar-refractivity contribution in [2.75, 3.05) is 38.0 Å². The molecule has 6 nitrogen and oxygen atoms in total. The average molecular weight is 413 g/mol. The van der Waals surface area contributed by atoms with E-state index < -0.39 is 0 Å². The summed E-state index contributed by atoms with van der Waals surface area (Å²) in [6.45, 7) is 1.12. The second-order valence-electron chi connectivity index (χ2n) is 7.13. The van der Waals surface area contributed by atoms with Crippen molar-refractivity contribution in [1.82, 2.24) is 4.90 Å². The maximum atomic E-state index is 13.3. The molecular weight excluding hydrogens is 388 g/mol. The van der Waals surface area contributed by atoms with Crippen LogP contribution in [0, 0.1) is 5.92 Å². The van der Waals surface area contributed by atoms with Crippen molar-refractivity contribution in [2.24, 2.45) is 5.92 Å². The van der Waals surface area contributed by atoms with Gasteiger partial charge in [0.05, 0.1) is 20.1 Å². The van der Waals surface area contributed by atoms with Crippen LogP contribution in [0.2, 0.25) is 0 Å². The Morgan fingerprint density at radius 2 is 1.62 bits per heavy atom. The number of hydrogen-bond donors (Lipinski definition) is 0. The minimum absolute atomic E-state index is 0.0126. The van der Waals surface area contributed by atoms with Gasteiger partial charge in [-0.2, -0.15) is 0 Å². The van der Waals surface area contributed by atoms with Gasteiger partial charge >= 0.3 is 0 Å². The van der Waals surface area contributed by atoms with E-state index >= 15 is 0 Å². The van der Waals surface area contributed by atoms with E-state index in [1.54, 1.807) is 30.9 Å². The zero-order valence-corrected chi connectivity index (χ0v) is 17.4. The van der Waals surface area contributed by atoms with E-state index in [0.29, 0.717) is 13.1 Å². The first-order chi connectivity index (χ1) is 14.1. The van der Waals surface area contributed by atoms with Gasteiger partial charge < -0.3 is 19.3 Å². The van der Waals surface area contributed by atoms with E-state index in [4.69, 9.17) is 9.47 Å². The molecule has 2 heterocycles. The highest BCUT2D eigenvalue weighted by molar-refractivity contribution is 7.99. The molecule has 0 aromatic heterocycles. The Bertz CT molecular complexity index is 885. The maximum Gasteiger partial charge on any atom is 0.229 e. The van der Waals surface area contributed by atoms with Gasteiger partial charge in [-0.15, -0.1) is 11.8 Å². The van der Waals surface area contributed by atoms with E-state index in [0.717, 1.165) is 28.5 Å². The lowest BCUT2D eigenvalue weighted by Gasteiger charge is -2.27. The number of methoxy groups -OCH3 is 2. The molecule has 2 amide bonds. The normalized spacial score (nSPS) is 21.5. The summed E-state index contributed by atoms with van der Waals surface area (Å²) in [5, 5.41) is -0.0152. The summed E-state index contributed by atoms with van der Waals surface area (Å²) < 4.78 is 10.4. The molecule has 2 atom stereocenters. The average Bonchev–Trinajstić information content (AvgIpc) is 3.40. The number of amides is 2. The van der Waals surface area contributed by atoms with Gasteiger partial charge in [0.2, 0.25) is 11.8 Å². The second kappa shape index (κ2) is 8.37. The Morgan fingerprint density at radius 3 is 2.24 bits per heavy atom. The minimum Gasteiger partial charge on any atom is -0.497 e. The molecule has 0 saturated carbocycles. The molecule has 2 unspecified atom stereocenters. The van der Waals surface area contributed by atoms with Crippen LogP contribution < -0.4 is 14.4 Å². The van der Waals surface area contributed by atoms with Crippen molar-refractivity contribution in [3.05, 3.63) is 54.1 Å². The van der Waals surface area contributed by atoms with Gasteiger partial charge in [0.25, 0.3) is 0 Å². The number of thioether (sulfide) groups is 1. The standard InChI is InChI=1S/C22H24N2O4S/c1-27-18-7-3-15(4-8-18)22-23(11-12-29-22)21(26)16-13-20(25)24(14-16)17-5-9-19(28-2)10-6-17/h3-10,16,22H,11-14H2,1-2H3. The second-order valence-corrected chi connectivity index (χ2v) is 8.32. The Labute approximate surface area is 174 Å². The lowest BCUT2D eigenvalue weighted by molar-refractivity contribution is -0.136. The van der Waals surface area contributed by atoms with Crippen molar-refractivity contribution in [2.45, 2.75) is 11.8 Å². The molecule has 0 aliphatic carbocycles. The van der Waals surface area contributed by atoms with Crippen molar-refractivity contribution < 1.29 is 19.1 Å². The molecule has 2 aromatic carbocycles. The van der Waals surface area contributed by atoms with Gasteiger partial charge in [-0.1, -0.05) is 12.1 Å². The molecule has 0 spiro atoms. The van der Waals surface area contributed by atoms with Crippen LogP contribution in [0.25, 0.3) is 0 Å². The van der Waals surface area contributed by atoms with Crippen LogP contribution in [0.15, 0.2) is 48.5 Å². The number of ether oxygens (including phenoxy) is 2. The number of carbonyl (C=O) groups is 2. The van der Waals surface area contributed by atoms with Crippen LogP contribution in [-0.2, 0) is 9.59 Å². The van der Waals surface area contributed by atoms with E-state index in [1.807, 2.05) is 53.4 Å². The van der Waals surface area contributed by atoms with Crippen molar-refractivity contribution in [3.8, 4) is 11.5 Å². The summed E-state index contributed by atoms with van der Waals surface area (Å²) in [7, 11) is 3.25. The molecule has 0 bridgehead atoms. The fourth-order valence-corrected chi connectivity index (χ4v) is 5.12. The summed E-state index contributed by atoms with van der Waals surface area (Å²) in [6.07, 6.45) is 0.251. The summed E-state index contributed by atoms with van der Waals surface area (Å²) in [5.74, 6) is 2.16. The highest BCUT2D eigenvalue weighted by Crippen LogP contribution is 2.40. The van der Waals surface area contributed by atoms with Gasteiger partial charge in [-0.25, -0.2) is 0 Å². The fourth-order valence-electron chi connectivity index (χ4n) is 3.86. The van der Waals surface area contributed by atoms with Crippen molar-refractivity contribution >= 4 is 29.3 Å². The van der Waals surface area contributed by atoms with Crippen LogP contribution in [-0.4, -0.2) is 49.8 Å². The van der Waals surface area contributed by atoms with Crippen LogP contribution >= 0.6 is 11.8 Å². The van der Waals surface area contributed by atoms with Crippen LogP contribution in [0.1, 0.15) is 17.4 Å². The number of benzene rings is 2. The Balaban J connectivity index is 1.47. The number of hydrogen-bond acceptors (Lipinski definition) is 5. The molecule has 2 aliphatic rings. The quantitative estimate of drug-likeness (QED) is 0.754. The summed E-state index contributed by atoms with van der Waals surface area (Å²) in [4.78, 5) is 29.5. The summed E-state index contributed by atoms with van der Waals surface area (Å²) in [5.41, 5.74) is 1.88. The Hall–Kier alpha value is -2.67. The highest BCUT2D eigenvalue weighted by Gasteiger charge is 2.40. The zero-order chi connectivity index (χ0) is 20.4. The molecule has 152 valence electrons. The number of rotatable bonds is 5. The first-order valence-corrected chi connectivity index (χ1v) is 10.7. The van der Waals surface area contributed by atoms with E-state index in [9.17, 15) is 9.59 Å². The number of anilines is 1. The number of nitrogens with zero attached hydrogens (tertiary/aromatic N) is 2. The monoisotopic (exact) mass is 412 g/mol. The molecule has 4 rings (SSSR count). The van der Waals surface area contributed by atoms with Crippen LogP contribution in [0.3, 0.4) is 0 Å². The Kier molecular flexibility index (Phi) is 5.67. The molecule has 2 aromatic rings. The minimum atomic E-state index is -0.316. The third kappa shape index (κ3) is 3.92. The van der Waals surface area contributed by atoms with E-state index in [1.165, 1.54) is 0 Å². The fraction of sp³-hybridized carbons (Fsp3) is 0.364. The molecule has 2 saturated heterocycles. The third-order valence-corrected chi connectivity index (χ3v) is 6.69. The molecule has 29 heavy (non-hydrogen) atoms. The highest BCUT2D eigenvalue weighted by atomic mass is 32.2. The number of carbonyl (C=O) groups excluding carboxylic acids is 2. The lowest BCUT2D eigenvalue weighted by atomic mass is 10.1. The van der Waals surface area contributed by atoms with Crippen LogP contribution in [0.4, 0.5) is 5.69 Å². The van der Waals surface area contributed by atoms with Crippen molar-refractivity contribution in [1.29, 1.82) is 0 Å². The molecular formula is C22H24N2O4S. The van der Waals surface area contributed by atoms with Gasteiger partial charge in [0.1, 0.15) is 16.9 Å². The maximum absolute atomic E-state index is 13.3. The van der Waals surface area contributed by atoms with Crippen molar-refractivity contribution in [3.63, 3.8) is 0 Å². The van der Waals surface area contributed by atoms with Crippen LogP contribution in [0.5, 0.6) is 11.5 Å². The first kappa shape index (κ1) is 19.6. The van der Waals surface area contributed by atoms with Gasteiger partial charge in [-0.05, 0) is 42.0 Å². The van der Waals surface area contributed by atoms with Gasteiger partial charge in [0.15, 0.2) is 0 Å². The SMILES string of the molecule is COc1ccc(C2SCCN2C(=O)C2CC(=O)N(c3ccc(OC)cc3)C2)cc1. The topological polar surface area (TPSA) is 59.1 Å². The molecule has 7 heteroatoms. The molecule has 2 aliphatic heterocycles. The third-order valence-electron chi connectivity index (χ3n) is 5.43. The lowest BCUT2D eigenvalue weighted by Crippen LogP contribution is -2.37. The predicted molar refractivity (Wildman–Crippen MR) is 113 cm³/mol. The van der Waals surface area contributed by atoms with Gasteiger partial charge in [0, 0.05) is 31.0 Å².